The molecule has 354 valence electrons. The second-order valence-corrected chi connectivity index (χ2v) is 13.2. The van der Waals surface area contributed by atoms with E-state index in [1.165, 1.54) is 18.2 Å². The van der Waals surface area contributed by atoms with E-state index >= 15 is 0 Å². The van der Waals surface area contributed by atoms with Crippen LogP contribution in [-0.2, 0) is 74.4 Å². The largest absolute Gasteiger partial charge is 0.460 e. The Hall–Kier alpha value is -3.76. The number of esters is 1. The Morgan fingerprint density at radius 3 is 1.19 bits per heavy atom. The Bertz CT molecular complexity index is 1540. The molecule has 0 bridgehead atoms. The molecule has 0 heterocycles. The third-order valence-electron chi connectivity index (χ3n) is 8.28. The van der Waals surface area contributed by atoms with Crippen molar-refractivity contribution < 1.29 is 79.5 Å². The Morgan fingerprint density at radius 2 is 0.778 bits per heavy atom. The summed E-state index contributed by atoms with van der Waals surface area (Å²) in [5.74, 6) is -0.631. The average Bonchev–Trinajstić information content (AvgIpc) is 3.29. The summed E-state index contributed by atoms with van der Waals surface area (Å²) in [6, 6.07) is 21.2. The molecule has 0 spiro atoms. The summed E-state index contributed by atoms with van der Waals surface area (Å²) >= 11 is 0. The Morgan fingerprint density at radius 1 is 0.413 bits per heavy atom. The van der Waals surface area contributed by atoms with E-state index in [1.54, 1.807) is 18.2 Å². The van der Waals surface area contributed by atoms with Crippen molar-refractivity contribution in [2.75, 3.05) is 164 Å². The predicted molar refractivity (Wildman–Crippen MR) is 227 cm³/mol. The normalized spacial score (nSPS) is 11.6. The third-order valence-corrected chi connectivity index (χ3v) is 8.28. The van der Waals surface area contributed by atoms with Gasteiger partial charge in [0.1, 0.15) is 6.61 Å². The summed E-state index contributed by atoms with van der Waals surface area (Å²) in [6.07, 6.45) is -4.48. The number of nitrogens with one attached hydrogen (secondary N) is 1. The number of hydrogen-bond acceptors (Lipinski definition) is 15. The number of rotatable bonds is 41. The van der Waals surface area contributed by atoms with Crippen LogP contribution in [0.2, 0.25) is 0 Å². The molecule has 18 heteroatoms. The second kappa shape index (κ2) is 36.6. The molecule has 0 radical (unpaired) electrons. The van der Waals surface area contributed by atoms with E-state index < -0.39 is 17.7 Å². The number of para-hydroxylation sites is 1. The molecule has 1 N–H and O–H groups in total. The van der Waals surface area contributed by atoms with Crippen molar-refractivity contribution in [2.45, 2.75) is 12.8 Å². The van der Waals surface area contributed by atoms with Crippen molar-refractivity contribution in [2.24, 2.45) is 0 Å². The molecule has 63 heavy (non-hydrogen) atoms. The van der Waals surface area contributed by atoms with Crippen molar-refractivity contribution in [1.82, 2.24) is 0 Å². The first-order chi connectivity index (χ1) is 30.9. The lowest BCUT2D eigenvalue weighted by Gasteiger charge is -2.13. The first-order valence-corrected chi connectivity index (χ1v) is 21.1. The zero-order valence-corrected chi connectivity index (χ0v) is 36.0. The summed E-state index contributed by atoms with van der Waals surface area (Å²) in [4.78, 5) is 12.6. The standard InChI is InChI=1S/C45H64F3NO14/c46-45(47,48)40-9-6-10-41(37-40)49-43-12-5-4-11-42(43)44(50)63-36-35-61-32-31-59-28-27-57-24-23-55-20-19-53-16-15-51-13-14-52-17-18-54-21-22-56-25-26-58-29-30-60-33-34-62-38-39-7-2-1-3-8-39/h1-12,37,49H,13-36,38H2. The minimum atomic E-state index is -4.48. The number of ether oxygens (including phenoxy) is 13. The molecule has 3 aromatic rings. The number of carbonyl (C=O) groups excluding carboxylic acids is 1. The average molecular weight is 900 g/mol. The van der Waals surface area contributed by atoms with Gasteiger partial charge in [0, 0.05) is 5.69 Å². The maximum Gasteiger partial charge on any atom is 0.416 e. The molecule has 0 aliphatic rings. The highest BCUT2D eigenvalue weighted by atomic mass is 19.4. The smallest absolute Gasteiger partial charge is 0.416 e. The van der Waals surface area contributed by atoms with E-state index in [0.29, 0.717) is 158 Å². The van der Waals surface area contributed by atoms with Crippen LogP contribution in [0.3, 0.4) is 0 Å². The van der Waals surface area contributed by atoms with Crippen LogP contribution in [0.5, 0.6) is 0 Å². The molecular weight excluding hydrogens is 835 g/mol. The van der Waals surface area contributed by atoms with Gasteiger partial charge in [0.05, 0.1) is 175 Å². The highest BCUT2D eigenvalue weighted by molar-refractivity contribution is 5.96. The topological polar surface area (TPSA) is 149 Å². The fraction of sp³-hybridized carbons (Fsp3) is 0.578. The van der Waals surface area contributed by atoms with E-state index in [0.717, 1.165) is 17.7 Å². The number of carbonyl (C=O) groups is 1. The molecule has 3 aromatic carbocycles. The van der Waals surface area contributed by atoms with Gasteiger partial charge in [0.15, 0.2) is 0 Å². The molecular formula is C45H64F3NO14. The number of benzene rings is 3. The van der Waals surface area contributed by atoms with E-state index in [9.17, 15) is 18.0 Å². The molecule has 0 saturated heterocycles. The van der Waals surface area contributed by atoms with Crippen LogP contribution in [0, 0.1) is 0 Å². The first-order valence-electron chi connectivity index (χ1n) is 21.1. The zero-order valence-electron chi connectivity index (χ0n) is 36.0. The number of alkyl halides is 3. The summed E-state index contributed by atoms with van der Waals surface area (Å²) in [7, 11) is 0. The first kappa shape index (κ1) is 53.6. The van der Waals surface area contributed by atoms with Crippen LogP contribution >= 0.6 is 0 Å². The van der Waals surface area contributed by atoms with Crippen LogP contribution in [-0.4, -0.2) is 165 Å². The molecule has 0 atom stereocenters. The van der Waals surface area contributed by atoms with E-state index in [4.69, 9.17) is 61.6 Å². The maximum absolute atomic E-state index is 13.1. The van der Waals surface area contributed by atoms with Gasteiger partial charge in [0.2, 0.25) is 0 Å². The fourth-order valence-corrected chi connectivity index (χ4v) is 5.15. The van der Waals surface area contributed by atoms with Gasteiger partial charge in [-0.05, 0) is 35.9 Å². The van der Waals surface area contributed by atoms with Crippen LogP contribution < -0.4 is 5.32 Å². The van der Waals surface area contributed by atoms with Gasteiger partial charge < -0.3 is 66.9 Å². The minimum absolute atomic E-state index is 0.00549. The van der Waals surface area contributed by atoms with E-state index in [2.05, 4.69) is 5.32 Å². The van der Waals surface area contributed by atoms with Crippen molar-refractivity contribution in [3.8, 4) is 0 Å². The van der Waals surface area contributed by atoms with Crippen molar-refractivity contribution in [1.29, 1.82) is 0 Å². The summed E-state index contributed by atoms with van der Waals surface area (Å²) < 4.78 is 110. The van der Waals surface area contributed by atoms with Gasteiger partial charge in [-0.2, -0.15) is 13.2 Å². The van der Waals surface area contributed by atoms with Gasteiger partial charge in [-0.25, -0.2) is 4.79 Å². The molecule has 0 fully saturated rings. The van der Waals surface area contributed by atoms with Crippen molar-refractivity contribution >= 4 is 17.3 Å². The Balaban J connectivity index is 0.953. The Kier molecular flexibility index (Phi) is 31.1. The Labute approximate surface area is 368 Å². The fourth-order valence-electron chi connectivity index (χ4n) is 5.15. The van der Waals surface area contributed by atoms with Gasteiger partial charge >= 0.3 is 12.1 Å². The molecule has 0 amide bonds. The molecule has 0 unspecified atom stereocenters. The lowest BCUT2D eigenvalue weighted by Crippen LogP contribution is -2.16. The lowest BCUT2D eigenvalue weighted by atomic mass is 10.1. The van der Waals surface area contributed by atoms with Crippen LogP contribution in [0.15, 0.2) is 78.9 Å². The van der Waals surface area contributed by atoms with Crippen LogP contribution in [0.4, 0.5) is 24.5 Å². The van der Waals surface area contributed by atoms with Crippen LogP contribution in [0.25, 0.3) is 0 Å². The number of anilines is 2. The quantitative estimate of drug-likeness (QED) is 0.0524. The molecule has 15 nitrogen and oxygen atoms in total. The molecule has 3 rings (SSSR count). The molecule has 0 saturated carbocycles. The highest BCUT2D eigenvalue weighted by Gasteiger charge is 2.30. The van der Waals surface area contributed by atoms with Crippen molar-refractivity contribution in [3.05, 3.63) is 95.6 Å². The molecule has 0 aromatic heterocycles. The lowest BCUT2D eigenvalue weighted by molar-refractivity contribution is -0.137. The minimum Gasteiger partial charge on any atom is -0.460 e. The summed E-state index contributed by atoms with van der Waals surface area (Å²) in [5.41, 5.74) is 1.05. The van der Waals surface area contributed by atoms with E-state index in [1.807, 2.05) is 30.3 Å². The van der Waals surface area contributed by atoms with Gasteiger partial charge in [-0.3, -0.25) is 0 Å². The summed E-state index contributed by atoms with van der Waals surface area (Å²) in [6.45, 7) is 10.8. The third kappa shape index (κ3) is 28.6. The summed E-state index contributed by atoms with van der Waals surface area (Å²) in [5, 5.41) is 2.86. The molecule has 0 aliphatic carbocycles. The van der Waals surface area contributed by atoms with Gasteiger partial charge in [-0.15, -0.1) is 0 Å². The maximum atomic E-state index is 13.1. The molecule has 0 aliphatic heterocycles. The van der Waals surface area contributed by atoms with Crippen molar-refractivity contribution in [3.63, 3.8) is 0 Å². The number of halogens is 3. The van der Waals surface area contributed by atoms with Crippen LogP contribution in [0.1, 0.15) is 21.5 Å². The monoisotopic (exact) mass is 899 g/mol. The number of hydrogen-bond donors (Lipinski definition) is 1. The van der Waals surface area contributed by atoms with E-state index in [-0.39, 0.29) is 24.5 Å². The zero-order chi connectivity index (χ0) is 44.7. The highest BCUT2D eigenvalue weighted by Crippen LogP contribution is 2.32. The second-order valence-electron chi connectivity index (χ2n) is 13.2. The van der Waals surface area contributed by atoms with Gasteiger partial charge in [-0.1, -0.05) is 48.5 Å². The predicted octanol–water partition coefficient (Wildman–Crippen LogP) is 6.01. The van der Waals surface area contributed by atoms with Gasteiger partial charge in [0.25, 0.3) is 0 Å². The SMILES string of the molecule is O=C(OCCOCCOCCOCCOCCOCCOCCOCCOCCOCCOCCOCCOCc1ccccc1)c1ccccc1Nc1cccc(C(F)(F)F)c1.